The highest BCUT2D eigenvalue weighted by atomic mass is 14.4. The van der Waals surface area contributed by atoms with Gasteiger partial charge >= 0.3 is 0 Å². The lowest BCUT2D eigenvalue weighted by molar-refractivity contribution is 0.132. The predicted octanol–water partition coefficient (Wildman–Crippen LogP) is 36.6. The van der Waals surface area contributed by atoms with Gasteiger partial charge in [-0.1, -0.05) is 256 Å². The molecule has 14 rings (SSSR count). The summed E-state index contributed by atoms with van der Waals surface area (Å²) in [4.78, 5) is 0. The number of rotatable bonds is 25. The molecular weight excluding hydrogens is 1350 g/mol. The van der Waals surface area contributed by atoms with E-state index in [0.717, 1.165) is 154 Å². The second-order valence-corrected chi connectivity index (χ2v) is 43.1. The van der Waals surface area contributed by atoms with Crippen LogP contribution in [0.1, 0.15) is 479 Å². The molecule has 0 spiro atoms. The molecule has 0 aromatic rings. The Kier molecular flexibility index (Phi) is 46.6. The first-order valence-corrected chi connectivity index (χ1v) is 52.8. The number of allylic oxidation sites excluding steroid dienone is 9. The van der Waals surface area contributed by atoms with Crippen LogP contribution in [-0.4, -0.2) is 0 Å². The molecule has 0 aliphatic heterocycles. The fourth-order valence-corrected chi connectivity index (χ4v) is 28.6. The number of hydrogen-bond donors (Lipinski definition) is 0. The summed E-state index contributed by atoms with van der Waals surface area (Å²) < 4.78 is 0. The Morgan fingerprint density at radius 2 is 0.348 bits per heavy atom. The number of unbranched alkanes of at least 4 members (excludes halogenated alkanes) is 3. The maximum atomic E-state index is 3.98. The minimum Gasteiger partial charge on any atom is -0.103 e. The van der Waals surface area contributed by atoms with Crippen LogP contribution in [0.15, 0.2) is 74.4 Å². The minimum absolute atomic E-state index is 0.835. The van der Waals surface area contributed by atoms with Crippen LogP contribution in [0.3, 0.4) is 0 Å². The van der Waals surface area contributed by atoms with E-state index in [0.29, 0.717) is 0 Å². The molecular formula is C112H196. The van der Waals surface area contributed by atoms with E-state index in [9.17, 15) is 0 Å². The average molecular weight is 1540 g/mol. The maximum absolute atomic E-state index is 3.98. The minimum atomic E-state index is 0.835. The SMILES string of the molecule is C/C=C/C1CCC(C2CCC(C3CCCC3)CC2)CC1.C/C=C/C1CCC(C2CCC(CCC)CC2)CC1.C/C=C/C1CCC(C2CCC(CCCC)CC2)CC1.C=CC1CCC(C2CCC(C3CCCC3)CC2)CC1.C=CC1CCC(C2CCC(CCC)CC2)CC1.C=CC1CCC(C2CCC(CCCCC)CC2)CC1. The molecule has 644 valence electrons. The first-order chi connectivity index (χ1) is 55.0. The second kappa shape index (κ2) is 55.4. The fourth-order valence-electron chi connectivity index (χ4n) is 28.6. The van der Waals surface area contributed by atoms with Crippen molar-refractivity contribution in [2.75, 3.05) is 0 Å². The Hall–Kier alpha value is -1.56. The van der Waals surface area contributed by atoms with E-state index < -0.39 is 0 Å². The largest absolute Gasteiger partial charge is 0.103 e. The van der Waals surface area contributed by atoms with Gasteiger partial charge in [0.15, 0.2) is 0 Å². The van der Waals surface area contributed by atoms with Crippen molar-refractivity contribution < 1.29 is 0 Å². The maximum Gasteiger partial charge on any atom is -0.0233 e. The zero-order chi connectivity index (χ0) is 78.8. The molecule has 0 nitrogen and oxygen atoms in total. The lowest BCUT2D eigenvalue weighted by atomic mass is 9.67. The quantitative estimate of drug-likeness (QED) is 0.0631. The molecule has 0 N–H and O–H groups in total. The van der Waals surface area contributed by atoms with Crippen molar-refractivity contribution in [1.29, 1.82) is 0 Å². The third-order valence-electron chi connectivity index (χ3n) is 36.2. The summed E-state index contributed by atoms with van der Waals surface area (Å²) in [7, 11) is 0. The van der Waals surface area contributed by atoms with Crippen LogP contribution in [0.2, 0.25) is 0 Å². The Morgan fingerprint density at radius 3 is 0.536 bits per heavy atom. The number of hydrogen-bond acceptors (Lipinski definition) is 0. The third-order valence-corrected chi connectivity index (χ3v) is 36.2. The van der Waals surface area contributed by atoms with Gasteiger partial charge in [0.1, 0.15) is 0 Å². The Balaban J connectivity index is 0.000000154. The first kappa shape index (κ1) is 94.3. The Bertz CT molecular complexity index is 2380. The van der Waals surface area contributed by atoms with Gasteiger partial charge in [-0.3, -0.25) is 0 Å². The van der Waals surface area contributed by atoms with E-state index in [1.165, 1.54) is 302 Å². The lowest BCUT2D eigenvalue weighted by Gasteiger charge is -2.39. The van der Waals surface area contributed by atoms with Gasteiger partial charge in [-0.05, 0) is 431 Å². The summed E-state index contributed by atoms with van der Waals surface area (Å²) in [6, 6.07) is 0. The standard InChI is InChI=1S/C20H34.C19H32.2C19H34.C18H32.C17H30/c1-2-5-16-8-10-18(11-9-16)20-14-12-19(13-15-20)17-6-3-4-7-17;1-2-15-7-9-17(10-8-15)19-13-11-18(12-14-19)16-5-3-4-6-16;1-3-5-6-7-17-10-14-19(15-11-17)18-12-8-16(4-2)9-13-18;1-3-5-7-17-10-14-19(15-11-17)18-12-8-16(6-4-2)9-13-18;1-3-5-15-7-11-17(12-8-15)18-13-9-16(6-4-2)10-14-18;1-3-5-15-8-12-17(13-9-15)16-10-6-14(4-2)7-11-16/h2,5,16-20H,3-4,6-15H2,1H3;2,15-19H,1,3-14H2;4,16-19H,2-3,5-15H2,1H3;4,6,16-19H,3,5,7-15H2,1-2H3;3,5,15-18H,4,6-14H2,1-2H3;4,14-17H,2-3,5-13H2,1H3/b5-2+;;;6-4+;5-3+;. The lowest BCUT2D eigenvalue weighted by Crippen LogP contribution is -2.27. The second-order valence-electron chi connectivity index (χ2n) is 43.1. The molecule has 0 bridgehead atoms. The van der Waals surface area contributed by atoms with E-state index in [4.69, 9.17) is 0 Å². The highest BCUT2D eigenvalue weighted by molar-refractivity contribution is 4.97. The summed E-state index contributed by atoms with van der Waals surface area (Å²) in [5.74, 6) is 27.0. The zero-order valence-corrected chi connectivity index (χ0v) is 76.7. The van der Waals surface area contributed by atoms with Gasteiger partial charge in [-0.2, -0.15) is 0 Å². The van der Waals surface area contributed by atoms with Crippen molar-refractivity contribution in [3.8, 4) is 0 Å². The fraction of sp³-hybridized carbons (Fsp3) is 0.893. The smallest absolute Gasteiger partial charge is 0.0233 e. The van der Waals surface area contributed by atoms with Gasteiger partial charge in [-0.25, -0.2) is 0 Å². The Labute approximate surface area is 702 Å². The molecule has 14 aliphatic carbocycles. The van der Waals surface area contributed by atoms with E-state index in [1.54, 1.807) is 128 Å². The normalized spacial score (nSPS) is 38.6. The van der Waals surface area contributed by atoms with Gasteiger partial charge in [-0.15, -0.1) is 19.7 Å². The van der Waals surface area contributed by atoms with Crippen molar-refractivity contribution in [3.05, 3.63) is 74.4 Å². The molecule has 14 aliphatic rings. The van der Waals surface area contributed by atoms with Gasteiger partial charge < -0.3 is 0 Å². The summed E-state index contributed by atoms with van der Waals surface area (Å²) in [5, 5.41) is 0. The van der Waals surface area contributed by atoms with E-state index >= 15 is 0 Å². The van der Waals surface area contributed by atoms with Crippen LogP contribution in [0.25, 0.3) is 0 Å². The predicted molar refractivity (Wildman–Crippen MR) is 498 cm³/mol. The van der Waals surface area contributed by atoms with Crippen LogP contribution in [0, 0.1) is 154 Å². The molecule has 0 heterocycles. The van der Waals surface area contributed by atoms with Gasteiger partial charge in [0.05, 0.1) is 0 Å². The molecule has 0 atom stereocenters. The van der Waals surface area contributed by atoms with E-state index in [1.807, 2.05) is 0 Å². The van der Waals surface area contributed by atoms with Gasteiger partial charge in [0, 0.05) is 0 Å². The molecule has 0 aromatic heterocycles. The third kappa shape index (κ3) is 33.1. The van der Waals surface area contributed by atoms with Crippen LogP contribution < -0.4 is 0 Å². The van der Waals surface area contributed by atoms with Crippen molar-refractivity contribution >= 4 is 0 Å². The summed E-state index contributed by atoms with van der Waals surface area (Å²) in [5.41, 5.74) is 0. The van der Waals surface area contributed by atoms with Crippen molar-refractivity contribution in [1.82, 2.24) is 0 Å². The summed E-state index contributed by atoms with van der Waals surface area (Å²) in [6.45, 7) is 27.7. The molecule has 0 saturated heterocycles. The van der Waals surface area contributed by atoms with E-state index in [2.05, 4.69) is 123 Å². The van der Waals surface area contributed by atoms with Gasteiger partial charge in [0.2, 0.25) is 0 Å². The zero-order valence-electron chi connectivity index (χ0n) is 76.7. The molecule has 0 heteroatoms. The molecule has 0 aromatic carbocycles. The molecule has 14 fully saturated rings. The van der Waals surface area contributed by atoms with Gasteiger partial charge in [0.25, 0.3) is 0 Å². The summed E-state index contributed by atoms with van der Waals surface area (Å²) >= 11 is 0. The van der Waals surface area contributed by atoms with Crippen molar-refractivity contribution in [2.24, 2.45) is 154 Å². The molecule has 112 heavy (non-hydrogen) atoms. The first-order valence-electron chi connectivity index (χ1n) is 52.8. The van der Waals surface area contributed by atoms with Crippen LogP contribution in [0.5, 0.6) is 0 Å². The van der Waals surface area contributed by atoms with Crippen molar-refractivity contribution in [2.45, 2.75) is 479 Å². The monoisotopic (exact) mass is 1540 g/mol. The molecule has 0 amide bonds. The van der Waals surface area contributed by atoms with Crippen LogP contribution in [-0.2, 0) is 0 Å². The average Bonchev–Trinajstić information content (AvgIpc) is 1.57. The van der Waals surface area contributed by atoms with Crippen LogP contribution >= 0.6 is 0 Å². The van der Waals surface area contributed by atoms with Crippen molar-refractivity contribution in [3.63, 3.8) is 0 Å². The van der Waals surface area contributed by atoms with Crippen LogP contribution in [0.4, 0.5) is 0 Å². The summed E-state index contributed by atoms with van der Waals surface area (Å²) in [6.07, 6.45) is 121. The highest BCUT2D eigenvalue weighted by Crippen LogP contribution is 2.51. The molecule has 0 radical (unpaired) electrons. The Morgan fingerprint density at radius 1 is 0.179 bits per heavy atom. The molecule has 14 saturated carbocycles. The van der Waals surface area contributed by atoms with E-state index in [-0.39, 0.29) is 0 Å². The highest BCUT2D eigenvalue weighted by Gasteiger charge is 2.39. The molecule has 0 unspecified atom stereocenters. The topological polar surface area (TPSA) is 0 Å².